The van der Waals surface area contributed by atoms with Gasteiger partial charge in [-0.2, -0.15) is 0 Å². The van der Waals surface area contributed by atoms with Gasteiger partial charge >= 0.3 is 0 Å². The van der Waals surface area contributed by atoms with Crippen molar-refractivity contribution in [1.82, 2.24) is 5.32 Å². The van der Waals surface area contributed by atoms with Gasteiger partial charge in [0.15, 0.2) is 5.71 Å². The molecular weight excluding hydrogens is 358 g/mol. The minimum absolute atomic E-state index is 0.203. The molecular formula is C21H25N3O4. The number of hydrogen-bond acceptors (Lipinski definition) is 6. The smallest absolute Gasteiger partial charge is 0.273 e. The molecule has 0 aliphatic heterocycles. The predicted octanol–water partition coefficient (Wildman–Crippen LogP) is 3.32. The minimum atomic E-state index is -0.324. The molecule has 1 amide bonds. The second kappa shape index (κ2) is 10.7. The van der Waals surface area contributed by atoms with Gasteiger partial charge in [-0.3, -0.25) is 4.79 Å². The Kier molecular flexibility index (Phi) is 8.02. The lowest BCUT2D eigenvalue weighted by atomic mass is 10.0. The zero-order chi connectivity index (χ0) is 20.4. The average Bonchev–Trinajstić information content (AvgIpc) is 2.72. The molecule has 148 valence electrons. The fraction of sp³-hybridized carbons (Fsp3) is 0.286. The summed E-state index contributed by atoms with van der Waals surface area (Å²) in [7, 11) is 4.46. The average molecular weight is 383 g/mol. The molecule has 2 aromatic rings. The lowest BCUT2D eigenvalue weighted by molar-refractivity contribution is -0.114. The van der Waals surface area contributed by atoms with Gasteiger partial charge in [-0.25, -0.2) is 0 Å². The lowest BCUT2D eigenvalue weighted by Gasteiger charge is -2.20. The minimum Gasteiger partial charge on any atom is -0.485 e. The first kappa shape index (κ1) is 21.0. The molecule has 0 bridgehead atoms. The van der Waals surface area contributed by atoms with Crippen molar-refractivity contribution in [2.24, 2.45) is 10.3 Å². The van der Waals surface area contributed by atoms with Crippen molar-refractivity contribution >= 4 is 17.3 Å². The summed E-state index contributed by atoms with van der Waals surface area (Å²) in [4.78, 5) is 21.7. The first-order valence-corrected chi connectivity index (χ1v) is 8.81. The normalized spacial score (nSPS) is 12.9. The molecule has 0 aliphatic rings. The monoisotopic (exact) mass is 383 g/mol. The summed E-state index contributed by atoms with van der Waals surface area (Å²) >= 11 is 0. The third-order valence-corrected chi connectivity index (χ3v) is 3.93. The number of amides is 1. The van der Waals surface area contributed by atoms with Crippen molar-refractivity contribution in [3.8, 4) is 5.75 Å². The maximum Gasteiger partial charge on any atom is 0.273 e. The van der Waals surface area contributed by atoms with Crippen molar-refractivity contribution in [2.75, 3.05) is 21.3 Å². The van der Waals surface area contributed by atoms with Crippen LogP contribution < -0.4 is 10.1 Å². The summed E-state index contributed by atoms with van der Waals surface area (Å²) in [5, 5.41) is 10.4. The van der Waals surface area contributed by atoms with E-state index in [0.29, 0.717) is 12.0 Å². The van der Waals surface area contributed by atoms with Crippen LogP contribution in [0.5, 0.6) is 5.75 Å². The highest BCUT2D eigenvalue weighted by Crippen LogP contribution is 2.26. The highest BCUT2D eigenvalue weighted by atomic mass is 16.6. The Morgan fingerprint density at radius 2 is 1.64 bits per heavy atom. The third kappa shape index (κ3) is 5.84. The predicted molar refractivity (Wildman–Crippen MR) is 109 cm³/mol. The van der Waals surface area contributed by atoms with E-state index in [1.807, 2.05) is 61.5 Å². The van der Waals surface area contributed by atoms with Crippen molar-refractivity contribution in [3.63, 3.8) is 0 Å². The molecule has 0 saturated heterocycles. The van der Waals surface area contributed by atoms with Gasteiger partial charge in [0, 0.05) is 19.0 Å². The van der Waals surface area contributed by atoms with Gasteiger partial charge in [0.05, 0.1) is 5.71 Å². The summed E-state index contributed by atoms with van der Waals surface area (Å²) in [6.07, 6.45) is 0.287. The third-order valence-electron chi connectivity index (χ3n) is 3.93. The fourth-order valence-corrected chi connectivity index (χ4v) is 2.64. The van der Waals surface area contributed by atoms with Crippen LogP contribution in [-0.4, -0.2) is 38.6 Å². The number of nitrogens with one attached hydrogen (secondary N) is 1. The summed E-state index contributed by atoms with van der Waals surface area (Å²) in [5.74, 6) is 0.434. The van der Waals surface area contributed by atoms with Gasteiger partial charge in [-0.1, -0.05) is 52.8 Å². The molecule has 7 heteroatoms. The van der Waals surface area contributed by atoms with Crippen LogP contribution >= 0.6 is 0 Å². The van der Waals surface area contributed by atoms with Crippen molar-refractivity contribution in [1.29, 1.82) is 0 Å². The number of para-hydroxylation sites is 1. The Labute approximate surface area is 165 Å². The Bertz CT molecular complexity index is 817. The Morgan fingerprint density at radius 3 is 2.21 bits per heavy atom. The van der Waals surface area contributed by atoms with E-state index in [9.17, 15) is 4.79 Å². The number of rotatable bonds is 9. The molecule has 0 saturated carbocycles. The van der Waals surface area contributed by atoms with Crippen LogP contribution in [0.1, 0.15) is 30.6 Å². The zero-order valence-electron chi connectivity index (χ0n) is 16.5. The SMILES string of the molecule is CNC(=O)C(=NOC)c1ccc(C(CC(C)=NOC)Oc2ccccc2)cc1. The molecule has 1 unspecified atom stereocenters. The van der Waals surface area contributed by atoms with E-state index >= 15 is 0 Å². The second-order valence-corrected chi connectivity index (χ2v) is 5.96. The van der Waals surface area contributed by atoms with Gasteiger partial charge in [-0.05, 0) is 24.6 Å². The van der Waals surface area contributed by atoms with E-state index in [4.69, 9.17) is 14.4 Å². The maximum absolute atomic E-state index is 12.0. The number of oxime groups is 2. The van der Waals surface area contributed by atoms with Crippen LogP contribution in [0.3, 0.4) is 0 Å². The molecule has 28 heavy (non-hydrogen) atoms. The van der Waals surface area contributed by atoms with Gasteiger partial charge in [0.2, 0.25) is 0 Å². The van der Waals surface area contributed by atoms with Crippen molar-refractivity contribution < 1.29 is 19.2 Å². The second-order valence-electron chi connectivity index (χ2n) is 5.96. The van der Waals surface area contributed by atoms with Crippen LogP contribution in [0.4, 0.5) is 0 Å². The molecule has 2 aromatic carbocycles. The molecule has 1 atom stereocenters. The number of nitrogens with zero attached hydrogens (tertiary/aromatic N) is 2. The van der Waals surface area contributed by atoms with Gasteiger partial charge in [0.25, 0.3) is 5.91 Å². The van der Waals surface area contributed by atoms with Crippen LogP contribution in [0.25, 0.3) is 0 Å². The first-order valence-electron chi connectivity index (χ1n) is 8.81. The fourth-order valence-electron chi connectivity index (χ4n) is 2.64. The van der Waals surface area contributed by atoms with E-state index in [-0.39, 0.29) is 17.7 Å². The zero-order valence-corrected chi connectivity index (χ0v) is 16.5. The molecule has 0 radical (unpaired) electrons. The molecule has 0 heterocycles. The molecule has 0 fully saturated rings. The quantitative estimate of drug-likeness (QED) is 0.532. The molecule has 1 N–H and O–H groups in total. The molecule has 2 rings (SSSR count). The highest BCUT2D eigenvalue weighted by molar-refractivity contribution is 6.45. The van der Waals surface area contributed by atoms with E-state index in [1.165, 1.54) is 14.2 Å². The first-order chi connectivity index (χ1) is 13.6. The topological polar surface area (TPSA) is 81.5 Å². The Morgan fingerprint density at radius 1 is 1.00 bits per heavy atom. The summed E-state index contributed by atoms with van der Waals surface area (Å²) in [6, 6.07) is 17.0. The van der Waals surface area contributed by atoms with Gasteiger partial charge in [0.1, 0.15) is 26.1 Å². The summed E-state index contributed by atoms with van der Waals surface area (Å²) < 4.78 is 6.16. The van der Waals surface area contributed by atoms with Crippen LogP contribution in [0.2, 0.25) is 0 Å². The van der Waals surface area contributed by atoms with Crippen LogP contribution in [0, 0.1) is 0 Å². The number of ether oxygens (including phenoxy) is 1. The number of carbonyl (C=O) groups is 1. The summed E-state index contributed by atoms with van der Waals surface area (Å²) in [6.45, 7) is 1.88. The molecule has 0 spiro atoms. The van der Waals surface area contributed by atoms with Gasteiger partial charge < -0.3 is 19.7 Å². The van der Waals surface area contributed by atoms with Crippen molar-refractivity contribution in [3.05, 3.63) is 65.7 Å². The van der Waals surface area contributed by atoms with Crippen LogP contribution in [0.15, 0.2) is 64.9 Å². The van der Waals surface area contributed by atoms with E-state index in [1.54, 1.807) is 7.05 Å². The Hall–Kier alpha value is -3.35. The Balaban J connectivity index is 2.30. The number of benzene rings is 2. The number of hydrogen-bond donors (Lipinski definition) is 1. The standard InChI is InChI=1S/C21H25N3O4/c1-15(23-26-3)14-19(28-18-8-6-5-7-9-18)16-10-12-17(13-11-16)20(24-27-4)21(25)22-2/h5-13,19H,14H2,1-4H3,(H,22,25). The largest absolute Gasteiger partial charge is 0.485 e. The van der Waals surface area contributed by atoms with Crippen molar-refractivity contribution in [2.45, 2.75) is 19.4 Å². The van der Waals surface area contributed by atoms with Gasteiger partial charge in [-0.15, -0.1) is 0 Å². The molecule has 7 nitrogen and oxygen atoms in total. The van der Waals surface area contributed by atoms with E-state index in [2.05, 4.69) is 15.6 Å². The summed E-state index contributed by atoms with van der Waals surface area (Å²) in [5.41, 5.74) is 2.59. The van der Waals surface area contributed by atoms with E-state index in [0.717, 1.165) is 17.0 Å². The number of likely N-dealkylation sites (N-methyl/N-ethyl adjacent to an activating group) is 1. The van der Waals surface area contributed by atoms with Crippen LogP contribution in [-0.2, 0) is 14.5 Å². The molecule has 0 aliphatic carbocycles. The number of carbonyl (C=O) groups excluding carboxylic acids is 1. The van der Waals surface area contributed by atoms with E-state index < -0.39 is 0 Å². The maximum atomic E-state index is 12.0. The molecule has 0 aromatic heterocycles. The highest BCUT2D eigenvalue weighted by Gasteiger charge is 2.18. The lowest BCUT2D eigenvalue weighted by Crippen LogP contribution is -2.28.